The van der Waals surface area contributed by atoms with E-state index in [1.807, 2.05) is 11.8 Å². The normalized spacial score (nSPS) is 17.7. The van der Waals surface area contributed by atoms with Crippen LogP contribution in [0.2, 0.25) is 0 Å². The second-order valence-corrected chi connectivity index (χ2v) is 6.14. The molecule has 1 aromatic carbocycles. The van der Waals surface area contributed by atoms with Crippen LogP contribution in [-0.4, -0.2) is 30.0 Å². The van der Waals surface area contributed by atoms with Crippen molar-refractivity contribution in [2.24, 2.45) is 0 Å². The molecule has 7 heteroatoms. The van der Waals surface area contributed by atoms with E-state index >= 15 is 0 Å². The predicted molar refractivity (Wildman–Crippen MR) is 92.1 cm³/mol. The van der Waals surface area contributed by atoms with E-state index in [0.29, 0.717) is 17.7 Å². The molecule has 2 heterocycles. The van der Waals surface area contributed by atoms with Crippen LogP contribution in [0.5, 0.6) is 0 Å². The summed E-state index contributed by atoms with van der Waals surface area (Å²) in [5.74, 6) is 2.07. The molecule has 1 atom stereocenters. The summed E-state index contributed by atoms with van der Waals surface area (Å²) in [5, 5.41) is 7.02. The zero-order chi connectivity index (χ0) is 14.7. The summed E-state index contributed by atoms with van der Waals surface area (Å²) < 4.78 is 5.06. The Bertz CT molecular complexity index is 713. The number of hydrogen-bond donors (Lipinski definition) is 2. The average molecular weight is 341 g/mol. The van der Waals surface area contributed by atoms with Crippen LogP contribution in [0.3, 0.4) is 0 Å². The molecule has 1 unspecified atom stereocenters. The van der Waals surface area contributed by atoms with Crippen molar-refractivity contribution in [2.75, 3.05) is 23.4 Å². The molecule has 1 amide bonds. The first-order valence-corrected chi connectivity index (χ1v) is 8.01. The summed E-state index contributed by atoms with van der Waals surface area (Å²) in [6.45, 7) is 0.956. The highest BCUT2D eigenvalue weighted by Gasteiger charge is 2.16. The molecule has 2 aromatic rings. The molecule has 0 spiro atoms. The number of anilines is 1. The fourth-order valence-corrected chi connectivity index (χ4v) is 3.29. The SMILES string of the molecule is Cl.O=C(CC1CSCCN1)Nc1ccc2oc(=O)ccc2c1. The van der Waals surface area contributed by atoms with Crippen LogP contribution in [0.15, 0.2) is 39.5 Å². The monoisotopic (exact) mass is 340 g/mol. The molecule has 118 valence electrons. The topological polar surface area (TPSA) is 71.3 Å². The molecule has 1 fully saturated rings. The van der Waals surface area contributed by atoms with Gasteiger partial charge in [-0.15, -0.1) is 12.4 Å². The molecule has 1 aliphatic heterocycles. The third-order valence-electron chi connectivity index (χ3n) is 3.33. The third-order valence-corrected chi connectivity index (χ3v) is 4.46. The quantitative estimate of drug-likeness (QED) is 0.838. The first kappa shape index (κ1) is 16.9. The van der Waals surface area contributed by atoms with Gasteiger partial charge in [-0.3, -0.25) is 4.79 Å². The average Bonchev–Trinajstić information content (AvgIpc) is 2.48. The van der Waals surface area contributed by atoms with E-state index in [9.17, 15) is 9.59 Å². The largest absolute Gasteiger partial charge is 0.423 e. The maximum atomic E-state index is 12.0. The number of carbonyl (C=O) groups excluding carboxylic acids is 1. The molecular weight excluding hydrogens is 324 g/mol. The van der Waals surface area contributed by atoms with Gasteiger partial charge >= 0.3 is 5.63 Å². The standard InChI is InChI=1S/C15H16N2O3S.ClH/c18-14(8-12-9-21-6-5-16-12)17-11-2-3-13-10(7-11)1-4-15(19)20-13;/h1-4,7,12,16H,5-6,8-9H2,(H,17,18);1H. The van der Waals surface area contributed by atoms with Crippen LogP contribution >= 0.6 is 24.2 Å². The van der Waals surface area contributed by atoms with Crippen molar-refractivity contribution in [2.45, 2.75) is 12.5 Å². The molecule has 2 N–H and O–H groups in total. The summed E-state index contributed by atoms with van der Waals surface area (Å²) in [7, 11) is 0. The Hall–Kier alpha value is -1.50. The Morgan fingerprint density at radius 3 is 3.00 bits per heavy atom. The lowest BCUT2D eigenvalue weighted by Gasteiger charge is -2.22. The molecule has 0 saturated carbocycles. The maximum Gasteiger partial charge on any atom is 0.336 e. The van der Waals surface area contributed by atoms with Crippen LogP contribution in [0, 0.1) is 0 Å². The number of halogens is 1. The minimum atomic E-state index is -0.375. The molecule has 3 rings (SSSR count). The summed E-state index contributed by atoms with van der Waals surface area (Å²) >= 11 is 1.87. The van der Waals surface area contributed by atoms with Gasteiger partial charge in [-0.05, 0) is 24.3 Å². The zero-order valence-corrected chi connectivity index (χ0v) is 13.5. The van der Waals surface area contributed by atoms with Gasteiger partial charge < -0.3 is 15.1 Å². The van der Waals surface area contributed by atoms with Crippen LogP contribution in [-0.2, 0) is 4.79 Å². The van der Waals surface area contributed by atoms with E-state index in [4.69, 9.17) is 4.42 Å². The minimum Gasteiger partial charge on any atom is -0.423 e. The van der Waals surface area contributed by atoms with Gasteiger partial charge in [0.1, 0.15) is 5.58 Å². The van der Waals surface area contributed by atoms with Crippen molar-refractivity contribution < 1.29 is 9.21 Å². The van der Waals surface area contributed by atoms with Crippen molar-refractivity contribution in [3.8, 4) is 0 Å². The highest BCUT2D eigenvalue weighted by atomic mass is 35.5. The van der Waals surface area contributed by atoms with Crippen LogP contribution < -0.4 is 16.3 Å². The predicted octanol–water partition coefficient (Wildman–Crippen LogP) is 2.25. The summed E-state index contributed by atoms with van der Waals surface area (Å²) in [4.78, 5) is 23.2. The molecule has 0 radical (unpaired) electrons. The lowest BCUT2D eigenvalue weighted by atomic mass is 10.2. The maximum absolute atomic E-state index is 12.0. The number of rotatable bonds is 3. The molecule has 1 saturated heterocycles. The Morgan fingerprint density at radius 2 is 2.23 bits per heavy atom. The first-order valence-electron chi connectivity index (χ1n) is 6.85. The van der Waals surface area contributed by atoms with Gasteiger partial charge in [0.2, 0.25) is 5.91 Å². The smallest absolute Gasteiger partial charge is 0.336 e. The van der Waals surface area contributed by atoms with Crippen molar-refractivity contribution in [1.82, 2.24) is 5.32 Å². The number of nitrogens with one attached hydrogen (secondary N) is 2. The molecular formula is C15H17ClN2O3S. The minimum absolute atomic E-state index is 0. The van der Waals surface area contributed by atoms with E-state index in [2.05, 4.69) is 10.6 Å². The number of thioether (sulfide) groups is 1. The highest BCUT2D eigenvalue weighted by Crippen LogP contribution is 2.18. The van der Waals surface area contributed by atoms with Gasteiger partial charge in [-0.25, -0.2) is 4.79 Å². The lowest BCUT2D eigenvalue weighted by molar-refractivity contribution is -0.116. The second kappa shape index (κ2) is 7.67. The highest BCUT2D eigenvalue weighted by molar-refractivity contribution is 7.99. The Kier molecular flexibility index (Phi) is 5.88. The lowest BCUT2D eigenvalue weighted by Crippen LogP contribution is -2.39. The van der Waals surface area contributed by atoms with Gasteiger partial charge in [0, 0.05) is 47.7 Å². The van der Waals surface area contributed by atoms with Crippen molar-refractivity contribution in [1.29, 1.82) is 0 Å². The fraction of sp³-hybridized carbons (Fsp3) is 0.333. The van der Waals surface area contributed by atoms with Crippen LogP contribution in [0.4, 0.5) is 5.69 Å². The summed E-state index contributed by atoms with van der Waals surface area (Å²) in [6.07, 6.45) is 0.467. The van der Waals surface area contributed by atoms with Gasteiger partial charge in [-0.2, -0.15) is 11.8 Å². The summed E-state index contributed by atoms with van der Waals surface area (Å²) in [5.41, 5.74) is 0.857. The zero-order valence-electron chi connectivity index (χ0n) is 11.8. The van der Waals surface area contributed by atoms with Gasteiger partial charge in [0.25, 0.3) is 0 Å². The van der Waals surface area contributed by atoms with E-state index in [1.165, 1.54) is 6.07 Å². The Balaban J connectivity index is 0.00000176. The Morgan fingerprint density at radius 1 is 1.36 bits per heavy atom. The van der Waals surface area contributed by atoms with Crippen molar-refractivity contribution in [3.05, 3.63) is 40.8 Å². The Labute approximate surface area is 138 Å². The number of benzene rings is 1. The van der Waals surface area contributed by atoms with Gasteiger partial charge in [-0.1, -0.05) is 0 Å². The second-order valence-electron chi connectivity index (χ2n) is 4.99. The molecule has 22 heavy (non-hydrogen) atoms. The molecule has 0 bridgehead atoms. The number of hydrogen-bond acceptors (Lipinski definition) is 5. The van der Waals surface area contributed by atoms with E-state index < -0.39 is 0 Å². The van der Waals surface area contributed by atoms with E-state index in [0.717, 1.165) is 23.4 Å². The number of amides is 1. The molecule has 5 nitrogen and oxygen atoms in total. The van der Waals surface area contributed by atoms with Gasteiger partial charge in [0.05, 0.1) is 0 Å². The first-order chi connectivity index (χ1) is 10.2. The van der Waals surface area contributed by atoms with E-state index in [-0.39, 0.29) is 30.0 Å². The van der Waals surface area contributed by atoms with Crippen molar-refractivity contribution >= 4 is 46.7 Å². The number of carbonyl (C=O) groups is 1. The fourth-order valence-electron chi connectivity index (χ4n) is 2.34. The molecule has 1 aromatic heterocycles. The van der Waals surface area contributed by atoms with Crippen molar-refractivity contribution in [3.63, 3.8) is 0 Å². The van der Waals surface area contributed by atoms with Crippen LogP contribution in [0.1, 0.15) is 6.42 Å². The third kappa shape index (κ3) is 4.25. The molecule has 1 aliphatic rings. The molecule has 0 aliphatic carbocycles. The van der Waals surface area contributed by atoms with Gasteiger partial charge in [0.15, 0.2) is 0 Å². The van der Waals surface area contributed by atoms with Crippen LogP contribution in [0.25, 0.3) is 11.0 Å². The summed E-state index contributed by atoms with van der Waals surface area (Å²) in [6, 6.07) is 8.54. The number of fused-ring (bicyclic) bond motifs is 1. The van der Waals surface area contributed by atoms with E-state index in [1.54, 1.807) is 24.3 Å².